The molecular formula is C20H19FN4O4. The lowest BCUT2D eigenvalue weighted by molar-refractivity contribution is -0.121. The highest BCUT2D eigenvalue weighted by atomic mass is 19.1. The number of halogens is 1. The number of rotatable bonds is 6. The molecule has 4 N–H and O–H groups in total. The monoisotopic (exact) mass is 398 g/mol. The minimum Gasteiger partial charge on any atom is -0.392 e. The van der Waals surface area contributed by atoms with E-state index in [1.54, 1.807) is 18.2 Å². The Labute approximate surface area is 164 Å². The molecule has 2 amide bonds. The lowest BCUT2D eigenvalue weighted by Gasteiger charge is -2.15. The minimum absolute atomic E-state index is 0.0130. The van der Waals surface area contributed by atoms with E-state index in [2.05, 4.69) is 10.3 Å². The number of nitrogens with zero attached hydrogens (tertiary/aromatic N) is 2. The second-order valence-corrected chi connectivity index (χ2v) is 6.45. The largest absolute Gasteiger partial charge is 0.392 e. The summed E-state index contributed by atoms with van der Waals surface area (Å²) in [4.78, 5) is 40.9. The number of aromatic nitrogens is 2. The molecule has 0 radical (unpaired) electrons. The van der Waals surface area contributed by atoms with Crippen molar-refractivity contribution in [2.24, 2.45) is 5.73 Å². The van der Waals surface area contributed by atoms with Crippen LogP contribution in [0.3, 0.4) is 0 Å². The number of carbonyl (C=O) groups is 2. The molecule has 0 spiro atoms. The summed E-state index contributed by atoms with van der Waals surface area (Å²) in [5.74, 6) is -1.82. The van der Waals surface area contributed by atoms with Crippen LogP contribution in [0, 0.1) is 5.82 Å². The van der Waals surface area contributed by atoms with Gasteiger partial charge in [0.2, 0.25) is 5.91 Å². The van der Waals surface area contributed by atoms with Crippen LogP contribution in [0.25, 0.3) is 11.0 Å². The Morgan fingerprint density at radius 2 is 1.93 bits per heavy atom. The van der Waals surface area contributed by atoms with E-state index in [1.165, 1.54) is 25.4 Å². The first kappa shape index (κ1) is 20.2. The van der Waals surface area contributed by atoms with Gasteiger partial charge < -0.3 is 16.2 Å². The van der Waals surface area contributed by atoms with Crippen LogP contribution in [0.4, 0.5) is 4.39 Å². The maximum Gasteiger partial charge on any atom is 0.264 e. The number of amides is 2. The molecule has 0 aliphatic rings. The van der Waals surface area contributed by atoms with Gasteiger partial charge >= 0.3 is 0 Å². The fraction of sp³-hybridized carbons (Fsp3) is 0.200. The van der Waals surface area contributed by atoms with Gasteiger partial charge in [0.05, 0.1) is 17.6 Å². The van der Waals surface area contributed by atoms with Crippen LogP contribution in [0.1, 0.15) is 27.0 Å². The molecule has 3 aromatic rings. The van der Waals surface area contributed by atoms with Gasteiger partial charge in [0.1, 0.15) is 17.9 Å². The Morgan fingerprint density at radius 3 is 2.52 bits per heavy atom. The molecule has 0 fully saturated rings. The Morgan fingerprint density at radius 1 is 1.24 bits per heavy atom. The summed E-state index contributed by atoms with van der Waals surface area (Å²) < 4.78 is 14.2. The van der Waals surface area contributed by atoms with Crippen LogP contribution in [-0.2, 0) is 24.4 Å². The highest BCUT2D eigenvalue weighted by molar-refractivity contribution is 5.98. The van der Waals surface area contributed by atoms with Crippen LogP contribution in [-0.4, -0.2) is 33.5 Å². The molecule has 150 valence electrons. The molecule has 3 rings (SSSR count). The van der Waals surface area contributed by atoms with E-state index in [-0.39, 0.29) is 29.0 Å². The first-order valence-electron chi connectivity index (χ1n) is 8.75. The summed E-state index contributed by atoms with van der Waals surface area (Å²) in [6, 6.07) is 7.60. The molecule has 0 saturated carbocycles. The molecule has 2 heterocycles. The summed E-state index contributed by atoms with van der Waals surface area (Å²) in [5.41, 5.74) is 6.18. The Balaban J connectivity index is 2.23. The number of aliphatic hydroxyl groups excluding tert-OH is 1. The van der Waals surface area contributed by atoms with Crippen LogP contribution >= 0.6 is 0 Å². The number of aliphatic hydroxyl groups is 1. The van der Waals surface area contributed by atoms with E-state index in [4.69, 9.17) is 5.73 Å². The predicted molar refractivity (Wildman–Crippen MR) is 104 cm³/mol. The molecule has 9 heteroatoms. The first-order chi connectivity index (χ1) is 13.8. The molecule has 0 saturated heterocycles. The highest BCUT2D eigenvalue weighted by Gasteiger charge is 2.22. The van der Waals surface area contributed by atoms with Gasteiger partial charge in [-0.2, -0.15) is 0 Å². The average Bonchev–Trinajstić information content (AvgIpc) is 2.70. The van der Waals surface area contributed by atoms with Crippen molar-refractivity contribution in [3.8, 4) is 0 Å². The van der Waals surface area contributed by atoms with Gasteiger partial charge in [-0.15, -0.1) is 0 Å². The van der Waals surface area contributed by atoms with Gasteiger partial charge in [0.15, 0.2) is 0 Å². The van der Waals surface area contributed by atoms with E-state index >= 15 is 0 Å². The standard InChI is InChI=1S/C20H19FN4O4/c1-23-16(27)9-25-15-7-12(6-11-2-4-13(21)5-3-11)8-24-18(15)14(10-26)17(19(22)28)20(25)29/h2-5,7-8,26H,6,9-10H2,1H3,(H2,22,28)(H,23,27). The van der Waals surface area contributed by atoms with Crippen molar-refractivity contribution in [1.29, 1.82) is 0 Å². The molecule has 0 atom stereocenters. The topological polar surface area (TPSA) is 127 Å². The number of hydrogen-bond acceptors (Lipinski definition) is 5. The van der Waals surface area contributed by atoms with E-state index < -0.39 is 29.5 Å². The minimum atomic E-state index is -1.01. The fourth-order valence-electron chi connectivity index (χ4n) is 3.15. The van der Waals surface area contributed by atoms with Gasteiger partial charge in [-0.1, -0.05) is 12.1 Å². The van der Waals surface area contributed by atoms with Crippen LogP contribution < -0.4 is 16.6 Å². The molecular weight excluding hydrogens is 379 g/mol. The van der Waals surface area contributed by atoms with Crippen LogP contribution in [0.2, 0.25) is 0 Å². The molecule has 0 bridgehead atoms. The molecule has 0 unspecified atom stereocenters. The summed E-state index contributed by atoms with van der Waals surface area (Å²) in [6.45, 7) is -0.964. The molecule has 8 nitrogen and oxygen atoms in total. The van der Waals surface area contributed by atoms with Crippen molar-refractivity contribution >= 4 is 22.8 Å². The summed E-state index contributed by atoms with van der Waals surface area (Å²) in [7, 11) is 1.42. The lowest BCUT2D eigenvalue weighted by atomic mass is 10.0. The number of hydrogen-bond donors (Lipinski definition) is 3. The summed E-state index contributed by atoms with van der Waals surface area (Å²) in [5, 5.41) is 12.2. The smallest absolute Gasteiger partial charge is 0.264 e. The molecule has 0 aliphatic heterocycles. The first-order valence-corrected chi connectivity index (χ1v) is 8.75. The number of primary amides is 1. The van der Waals surface area contributed by atoms with E-state index in [0.717, 1.165) is 10.1 Å². The summed E-state index contributed by atoms with van der Waals surface area (Å²) in [6.07, 6.45) is 1.94. The maximum atomic E-state index is 13.1. The average molecular weight is 398 g/mol. The predicted octanol–water partition coefficient (Wildman–Crippen LogP) is 0.464. The van der Waals surface area contributed by atoms with E-state index in [0.29, 0.717) is 12.0 Å². The van der Waals surface area contributed by atoms with Crippen LogP contribution in [0.15, 0.2) is 41.3 Å². The third-order valence-electron chi connectivity index (χ3n) is 4.57. The molecule has 29 heavy (non-hydrogen) atoms. The number of carbonyl (C=O) groups excluding carboxylic acids is 2. The normalized spacial score (nSPS) is 10.9. The van der Waals surface area contributed by atoms with Crippen molar-refractivity contribution in [1.82, 2.24) is 14.9 Å². The van der Waals surface area contributed by atoms with Crippen molar-refractivity contribution in [2.45, 2.75) is 19.6 Å². The molecule has 2 aromatic heterocycles. The zero-order chi connectivity index (χ0) is 21.1. The maximum absolute atomic E-state index is 13.1. The molecule has 0 aliphatic carbocycles. The molecule has 1 aromatic carbocycles. The number of nitrogens with two attached hydrogens (primary N) is 1. The van der Waals surface area contributed by atoms with Gasteiger partial charge in [-0.05, 0) is 35.7 Å². The Kier molecular flexibility index (Phi) is 5.69. The number of nitrogens with one attached hydrogen (secondary N) is 1. The fourth-order valence-corrected chi connectivity index (χ4v) is 3.15. The van der Waals surface area contributed by atoms with Crippen molar-refractivity contribution in [3.63, 3.8) is 0 Å². The van der Waals surface area contributed by atoms with Crippen molar-refractivity contribution in [2.75, 3.05) is 7.05 Å². The quantitative estimate of drug-likeness (QED) is 0.556. The number of likely N-dealkylation sites (N-methyl/N-ethyl adjacent to an activating group) is 1. The number of benzene rings is 1. The van der Waals surface area contributed by atoms with Crippen molar-refractivity contribution < 1.29 is 19.1 Å². The number of fused-ring (bicyclic) bond motifs is 1. The second kappa shape index (κ2) is 8.19. The van der Waals surface area contributed by atoms with Crippen molar-refractivity contribution in [3.05, 3.63) is 75.0 Å². The third-order valence-corrected chi connectivity index (χ3v) is 4.57. The van der Waals surface area contributed by atoms with E-state index in [1.807, 2.05) is 0 Å². The number of pyridine rings is 2. The lowest BCUT2D eigenvalue weighted by Crippen LogP contribution is -2.36. The van der Waals surface area contributed by atoms with Gasteiger partial charge in [-0.3, -0.25) is 23.9 Å². The highest BCUT2D eigenvalue weighted by Crippen LogP contribution is 2.21. The second-order valence-electron chi connectivity index (χ2n) is 6.45. The van der Waals surface area contributed by atoms with Gasteiger partial charge in [0, 0.05) is 18.8 Å². The Bertz CT molecular complexity index is 1160. The Hall–Kier alpha value is -3.59. The zero-order valence-corrected chi connectivity index (χ0v) is 15.6. The van der Waals surface area contributed by atoms with E-state index in [9.17, 15) is 23.9 Å². The SMILES string of the molecule is CNC(=O)Cn1c(=O)c(C(N)=O)c(CO)c2ncc(Cc3ccc(F)cc3)cc21. The van der Waals surface area contributed by atoms with Crippen LogP contribution in [0.5, 0.6) is 0 Å². The summed E-state index contributed by atoms with van der Waals surface area (Å²) >= 11 is 0. The zero-order valence-electron chi connectivity index (χ0n) is 15.6. The van der Waals surface area contributed by atoms with Gasteiger partial charge in [-0.25, -0.2) is 4.39 Å². The third kappa shape index (κ3) is 3.99. The van der Waals surface area contributed by atoms with Gasteiger partial charge in [0.25, 0.3) is 11.5 Å².